The molecule has 0 aliphatic heterocycles. The number of nitrogens with two attached hydrogens (primary N) is 1. The van der Waals surface area contributed by atoms with E-state index < -0.39 is 0 Å². The lowest BCUT2D eigenvalue weighted by molar-refractivity contribution is 0.0779. The predicted octanol–water partition coefficient (Wildman–Crippen LogP) is 0.536. The van der Waals surface area contributed by atoms with Gasteiger partial charge in [-0.1, -0.05) is 24.3 Å². The van der Waals surface area contributed by atoms with E-state index in [1.807, 2.05) is 24.3 Å². The zero-order chi connectivity index (χ0) is 13.0. The molecule has 0 unspecified atom stereocenters. The SMILES string of the molecule is CN(Cc1ccc(CN)cc1)C(=O)c1cn[nH]n1. The summed E-state index contributed by atoms with van der Waals surface area (Å²) in [6, 6.07) is 7.86. The smallest absolute Gasteiger partial charge is 0.276 e. The lowest BCUT2D eigenvalue weighted by Crippen LogP contribution is -2.26. The quantitative estimate of drug-likeness (QED) is 0.822. The normalized spacial score (nSPS) is 10.3. The summed E-state index contributed by atoms with van der Waals surface area (Å²) in [5, 5.41) is 9.80. The van der Waals surface area contributed by atoms with Gasteiger partial charge in [-0.05, 0) is 11.1 Å². The Labute approximate surface area is 105 Å². The van der Waals surface area contributed by atoms with Crippen LogP contribution in [0.2, 0.25) is 0 Å². The molecule has 1 aromatic carbocycles. The third kappa shape index (κ3) is 2.72. The largest absolute Gasteiger partial charge is 0.336 e. The molecule has 0 spiro atoms. The molecule has 0 saturated heterocycles. The maximum absolute atomic E-state index is 11.9. The lowest BCUT2D eigenvalue weighted by Gasteiger charge is -2.15. The van der Waals surface area contributed by atoms with Crippen molar-refractivity contribution in [2.75, 3.05) is 7.05 Å². The molecule has 6 nitrogen and oxygen atoms in total. The molecular weight excluding hydrogens is 230 g/mol. The van der Waals surface area contributed by atoms with Crippen LogP contribution < -0.4 is 5.73 Å². The number of rotatable bonds is 4. The van der Waals surface area contributed by atoms with Gasteiger partial charge in [-0.15, -0.1) is 0 Å². The molecule has 0 saturated carbocycles. The Morgan fingerprint density at radius 1 is 1.33 bits per heavy atom. The fourth-order valence-electron chi connectivity index (χ4n) is 1.63. The van der Waals surface area contributed by atoms with E-state index in [9.17, 15) is 4.79 Å². The lowest BCUT2D eigenvalue weighted by atomic mass is 10.1. The number of aromatic nitrogens is 3. The van der Waals surface area contributed by atoms with Crippen LogP contribution in [-0.2, 0) is 13.1 Å². The van der Waals surface area contributed by atoms with Crippen LogP contribution in [0.4, 0.5) is 0 Å². The summed E-state index contributed by atoms with van der Waals surface area (Å²) in [5.41, 5.74) is 7.97. The predicted molar refractivity (Wildman–Crippen MR) is 66.5 cm³/mol. The fourth-order valence-corrected chi connectivity index (χ4v) is 1.63. The van der Waals surface area contributed by atoms with Gasteiger partial charge in [0, 0.05) is 20.1 Å². The molecule has 1 heterocycles. The Morgan fingerprint density at radius 3 is 2.56 bits per heavy atom. The average molecular weight is 245 g/mol. The molecule has 0 bridgehead atoms. The number of carbonyl (C=O) groups is 1. The molecule has 0 atom stereocenters. The molecule has 2 rings (SSSR count). The Morgan fingerprint density at radius 2 is 2.00 bits per heavy atom. The van der Waals surface area contributed by atoms with Crippen LogP contribution >= 0.6 is 0 Å². The van der Waals surface area contributed by atoms with Crippen molar-refractivity contribution in [3.8, 4) is 0 Å². The molecule has 0 radical (unpaired) electrons. The van der Waals surface area contributed by atoms with E-state index in [0.29, 0.717) is 18.8 Å². The fraction of sp³-hybridized carbons (Fsp3) is 0.250. The van der Waals surface area contributed by atoms with E-state index in [4.69, 9.17) is 5.73 Å². The monoisotopic (exact) mass is 245 g/mol. The molecule has 0 aliphatic carbocycles. The van der Waals surface area contributed by atoms with Crippen LogP contribution in [0.1, 0.15) is 21.6 Å². The Hall–Kier alpha value is -2.21. The number of H-pyrrole nitrogens is 1. The number of carbonyl (C=O) groups excluding carboxylic acids is 1. The van der Waals surface area contributed by atoms with Gasteiger partial charge >= 0.3 is 0 Å². The number of amides is 1. The van der Waals surface area contributed by atoms with E-state index in [1.165, 1.54) is 6.20 Å². The van der Waals surface area contributed by atoms with Crippen molar-refractivity contribution in [3.05, 3.63) is 47.3 Å². The number of nitrogens with zero attached hydrogens (tertiary/aromatic N) is 3. The van der Waals surface area contributed by atoms with Gasteiger partial charge < -0.3 is 10.6 Å². The van der Waals surface area contributed by atoms with Crippen molar-refractivity contribution in [2.45, 2.75) is 13.1 Å². The van der Waals surface area contributed by atoms with Crippen LogP contribution in [0.15, 0.2) is 30.5 Å². The topological polar surface area (TPSA) is 87.9 Å². The molecule has 18 heavy (non-hydrogen) atoms. The maximum Gasteiger partial charge on any atom is 0.276 e. The van der Waals surface area contributed by atoms with Gasteiger partial charge in [0.15, 0.2) is 5.69 Å². The maximum atomic E-state index is 11.9. The number of aromatic amines is 1. The molecule has 1 aromatic heterocycles. The molecular formula is C12H15N5O. The minimum atomic E-state index is -0.161. The van der Waals surface area contributed by atoms with Crippen LogP contribution in [0.25, 0.3) is 0 Å². The molecule has 0 aliphatic rings. The van der Waals surface area contributed by atoms with Crippen LogP contribution in [0.3, 0.4) is 0 Å². The van der Waals surface area contributed by atoms with Crippen molar-refractivity contribution in [1.29, 1.82) is 0 Å². The highest BCUT2D eigenvalue weighted by Gasteiger charge is 2.14. The highest BCUT2D eigenvalue weighted by molar-refractivity contribution is 5.91. The van der Waals surface area contributed by atoms with Crippen molar-refractivity contribution in [3.63, 3.8) is 0 Å². The Kier molecular flexibility index (Phi) is 3.69. The van der Waals surface area contributed by atoms with Gasteiger partial charge in [0.25, 0.3) is 5.91 Å². The summed E-state index contributed by atoms with van der Waals surface area (Å²) in [4.78, 5) is 13.5. The molecule has 3 N–H and O–H groups in total. The first-order valence-electron chi connectivity index (χ1n) is 5.60. The zero-order valence-corrected chi connectivity index (χ0v) is 10.1. The second kappa shape index (κ2) is 5.42. The molecule has 0 fully saturated rings. The van der Waals surface area contributed by atoms with Crippen molar-refractivity contribution >= 4 is 5.91 Å². The van der Waals surface area contributed by atoms with Gasteiger partial charge in [0.1, 0.15) is 0 Å². The summed E-state index contributed by atoms with van der Waals surface area (Å²) in [5.74, 6) is -0.161. The number of nitrogens with one attached hydrogen (secondary N) is 1. The summed E-state index contributed by atoms with van der Waals surface area (Å²) in [7, 11) is 1.73. The highest BCUT2D eigenvalue weighted by atomic mass is 16.2. The van der Waals surface area contributed by atoms with Crippen LogP contribution in [0.5, 0.6) is 0 Å². The van der Waals surface area contributed by atoms with E-state index in [-0.39, 0.29) is 5.91 Å². The summed E-state index contributed by atoms with van der Waals surface area (Å²) in [6.07, 6.45) is 1.41. The van der Waals surface area contributed by atoms with Crippen molar-refractivity contribution in [2.24, 2.45) is 5.73 Å². The first-order chi connectivity index (χ1) is 8.70. The minimum absolute atomic E-state index is 0.161. The minimum Gasteiger partial charge on any atom is -0.336 e. The van der Waals surface area contributed by atoms with E-state index >= 15 is 0 Å². The molecule has 2 aromatic rings. The van der Waals surface area contributed by atoms with Crippen LogP contribution in [-0.4, -0.2) is 33.3 Å². The number of benzene rings is 1. The van der Waals surface area contributed by atoms with Crippen molar-refractivity contribution in [1.82, 2.24) is 20.3 Å². The molecule has 1 amide bonds. The number of hydrogen-bond acceptors (Lipinski definition) is 4. The Bertz CT molecular complexity index is 506. The van der Waals surface area contributed by atoms with E-state index in [2.05, 4.69) is 15.4 Å². The summed E-state index contributed by atoms with van der Waals surface area (Å²) in [6.45, 7) is 1.05. The van der Waals surface area contributed by atoms with E-state index in [0.717, 1.165) is 11.1 Å². The molecule has 6 heteroatoms. The summed E-state index contributed by atoms with van der Waals surface area (Å²) < 4.78 is 0. The standard InChI is InChI=1S/C12H15N5O/c1-17(12(18)11-7-14-16-15-11)8-10-4-2-9(6-13)3-5-10/h2-5,7H,6,8,13H2,1H3,(H,14,15,16). The van der Waals surface area contributed by atoms with Gasteiger partial charge in [-0.2, -0.15) is 15.4 Å². The van der Waals surface area contributed by atoms with Gasteiger partial charge in [-0.3, -0.25) is 4.79 Å². The second-order valence-electron chi connectivity index (χ2n) is 4.04. The Balaban J connectivity index is 2.02. The first kappa shape index (κ1) is 12.3. The molecule has 94 valence electrons. The zero-order valence-electron chi connectivity index (χ0n) is 10.1. The van der Waals surface area contributed by atoms with Gasteiger partial charge in [0.2, 0.25) is 0 Å². The average Bonchev–Trinajstić information content (AvgIpc) is 2.92. The first-order valence-corrected chi connectivity index (χ1v) is 5.60. The number of hydrogen-bond donors (Lipinski definition) is 2. The summed E-state index contributed by atoms with van der Waals surface area (Å²) >= 11 is 0. The highest BCUT2D eigenvalue weighted by Crippen LogP contribution is 2.08. The van der Waals surface area contributed by atoms with Crippen molar-refractivity contribution < 1.29 is 4.79 Å². The van der Waals surface area contributed by atoms with E-state index in [1.54, 1.807) is 11.9 Å². The third-order valence-electron chi connectivity index (χ3n) is 2.66. The second-order valence-corrected chi connectivity index (χ2v) is 4.04. The third-order valence-corrected chi connectivity index (χ3v) is 2.66. The van der Waals surface area contributed by atoms with Gasteiger partial charge in [0.05, 0.1) is 6.20 Å². The van der Waals surface area contributed by atoms with Crippen LogP contribution in [0, 0.1) is 0 Å². The van der Waals surface area contributed by atoms with Gasteiger partial charge in [-0.25, -0.2) is 0 Å².